The first-order chi connectivity index (χ1) is 14.0. The Balaban J connectivity index is 1.58. The number of aromatic nitrogens is 2. The van der Waals surface area contributed by atoms with E-state index in [-0.39, 0.29) is 23.4 Å². The molecule has 0 saturated heterocycles. The summed E-state index contributed by atoms with van der Waals surface area (Å²) in [5.41, 5.74) is 14.5. The maximum Gasteiger partial charge on any atom is 0.254 e. The third kappa shape index (κ3) is 4.29. The van der Waals surface area contributed by atoms with Crippen molar-refractivity contribution in [3.63, 3.8) is 0 Å². The van der Waals surface area contributed by atoms with Gasteiger partial charge < -0.3 is 27.4 Å². The molecule has 9 heteroatoms. The number of primary amides is 1. The molecule has 1 aromatic carbocycles. The number of nitrogens with zero attached hydrogens (tertiary/aromatic N) is 2. The highest BCUT2D eigenvalue weighted by molar-refractivity contribution is 5.98. The molecule has 1 saturated carbocycles. The fourth-order valence-electron chi connectivity index (χ4n) is 3.81. The Labute approximate surface area is 168 Å². The van der Waals surface area contributed by atoms with Crippen LogP contribution < -0.4 is 27.4 Å². The molecule has 0 bridgehead atoms. The van der Waals surface area contributed by atoms with E-state index in [0.717, 1.165) is 42.6 Å². The van der Waals surface area contributed by atoms with Gasteiger partial charge in [0.15, 0.2) is 5.78 Å². The molecule has 1 aliphatic heterocycles. The molecule has 1 aliphatic carbocycles. The van der Waals surface area contributed by atoms with Crippen LogP contribution in [0.15, 0.2) is 24.4 Å². The number of rotatable bonds is 5. The molecule has 2 aromatic rings. The van der Waals surface area contributed by atoms with E-state index < -0.39 is 5.91 Å². The molecule has 7 N–H and O–H groups in total. The topological polar surface area (TPSA) is 148 Å². The largest absolute Gasteiger partial charge is 0.378 e. The maximum absolute atomic E-state index is 11.8. The standard InChI is InChI=1S/C20H25N7O2/c21-15-3-1-2-4-16(15)26-20-24-10-14(18(22)29)19(27-20)25-12-6-5-11-7-13(28)9-23-17(11)8-12/h5-6,8,10,15-16,23H,1-4,7,9,21H2,(H2,22,29)(H2,24,25,26,27)/t15-,16+/m0/s1. The SMILES string of the molecule is NC(=O)c1cnc(N[C@@H]2CCCC[C@@H]2N)nc1Nc1ccc2c(c1)NCC(=O)C2. The van der Waals surface area contributed by atoms with Crippen molar-refractivity contribution < 1.29 is 9.59 Å². The molecule has 29 heavy (non-hydrogen) atoms. The van der Waals surface area contributed by atoms with Crippen molar-refractivity contribution in [3.8, 4) is 0 Å². The predicted molar refractivity (Wildman–Crippen MR) is 111 cm³/mol. The lowest BCUT2D eigenvalue weighted by molar-refractivity contribution is -0.117. The second-order valence-electron chi connectivity index (χ2n) is 7.59. The van der Waals surface area contributed by atoms with Crippen molar-refractivity contribution >= 4 is 34.8 Å². The molecular formula is C20H25N7O2. The molecule has 0 unspecified atom stereocenters. The van der Waals surface area contributed by atoms with E-state index in [9.17, 15) is 9.59 Å². The summed E-state index contributed by atoms with van der Waals surface area (Å²) in [5, 5.41) is 9.55. The lowest BCUT2D eigenvalue weighted by Gasteiger charge is -2.29. The summed E-state index contributed by atoms with van der Waals surface area (Å²) in [6.07, 6.45) is 6.00. The van der Waals surface area contributed by atoms with Gasteiger partial charge in [0.05, 0.1) is 6.54 Å². The van der Waals surface area contributed by atoms with Gasteiger partial charge >= 0.3 is 0 Å². The van der Waals surface area contributed by atoms with Crippen LogP contribution in [0.2, 0.25) is 0 Å². The molecule has 2 heterocycles. The fraction of sp³-hybridized carbons (Fsp3) is 0.400. The van der Waals surface area contributed by atoms with Gasteiger partial charge in [-0.1, -0.05) is 18.9 Å². The number of amides is 1. The monoisotopic (exact) mass is 395 g/mol. The first-order valence-electron chi connectivity index (χ1n) is 9.84. The number of carbonyl (C=O) groups excluding carboxylic acids is 2. The quantitative estimate of drug-likeness (QED) is 0.512. The number of nitrogens with two attached hydrogens (primary N) is 2. The Hall–Kier alpha value is -3.20. The summed E-state index contributed by atoms with van der Waals surface area (Å²) in [5.74, 6) is 0.268. The van der Waals surface area contributed by atoms with Crippen molar-refractivity contribution in [1.82, 2.24) is 9.97 Å². The van der Waals surface area contributed by atoms with Crippen LogP contribution in [0.4, 0.5) is 23.1 Å². The summed E-state index contributed by atoms with van der Waals surface area (Å²) < 4.78 is 0. The highest BCUT2D eigenvalue weighted by Crippen LogP contribution is 2.28. The van der Waals surface area contributed by atoms with Gasteiger partial charge in [0, 0.05) is 36.1 Å². The van der Waals surface area contributed by atoms with Crippen LogP contribution in [-0.4, -0.2) is 40.3 Å². The Kier molecular flexibility index (Phi) is 5.30. The van der Waals surface area contributed by atoms with E-state index in [2.05, 4.69) is 25.9 Å². The summed E-state index contributed by atoms with van der Waals surface area (Å²) in [7, 11) is 0. The number of nitrogens with one attached hydrogen (secondary N) is 3. The van der Waals surface area contributed by atoms with Crippen LogP contribution >= 0.6 is 0 Å². The Morgan fingerprint density at radius 2 is 2.07 bits per heavy atom. The van der Waals surface area contributed by atoms with Crippen LogP contribution in [0.3, 0.4) is 0 Å². The smallest absolute Gasteiger partial charge is 0.254 e. The number of anilines is 4. The van der Waals surface area contributed by atoms with Gasteiger partial charge in [-0.3, -0.25) is 9.59 Å². The van der Waals surface area contributed by atoms with E-state index >= 15 is 0 Å². The van der Waals surface area contributed by atoms with Gasteiger partial charge in [-0.2, -0.15) is 4.98 Å². The fourth-order valence-corrected chi connectivity index (χ4v) is 3.81. The lowest BCUT2D eigenvalue weighted by atomic mass is 9.91. The Morgan fingerprint density at radius 3 is 2.86 bits per heavy atom. The summed E-state index contributed by atoms with van der Waals surface area (Å²) in [4.78, 5) is 32.1. The number of ketones is 1. The minimum absolute atomic E-state index is 0.0500. The minimum Gasteiger partial charge on any atom is -0.378 e. The third-order valence-corrected chi connectivity index (χ3v) is 5.42. The van der Waals surface area contributed by atoms with Crippen molar-refractivity contribution in [1.29, 1.82) is 0 Å². The van der Waals surface area contributed by atoms with Gasteiger partial charge in [-0.25, -0.2) is 4.98 Å². The Bertz CT molecular complexity index is 946. The van der Waals surface area contributed by atoms with E-state index in [1.807, 2.05) is 18.2 Å². The number of carbonyl (C=O) groups is 2. The van der Waals surface area contributed by atoms with Gasteiger partial charge in [0.25, 0.3) is 5.91 Å². The predicted octanol–water partition coefficient (Wildman–Crippen LogP) is 1.54. The van der Waals surface area contributed by atoms with Crippen molar-refractivity contribution in [2.24, 2.45) is 11.5 Å². The van der Waals surface area contributed by atoms with Gasteiger partial charge in [0.1, 0.15) is 11.4 Å². The molecule has 1 aromatic heterocycles. The molecule has 4 rings (SSSR count). The number of hydrogen-bond acceptors (Lipinski definition) is 8. The maximum atomic E-state index is 11.8. The molecule has 2 atom stereocenters. The third-order valence-electron chi connectivity index (χ3n) is 5.42. The summed E-state index contributed by atoms with van der Waals surface area (Å²) in [6, 6.07) is 5.76. The number of hydrogen-bond donors (Lipinski definition) is 5. The molecule has 9 nitrogen and oxygen atoms in total. The van der Waals surface area contributed by atoms with Crippen molar-refractivity contribution in [2.45, 2.75) is 44.2 Å². The highest BCUT2D eigenvalue weighted by atomic mass is 16.1. The first kappa shape index (κ1) is 19.1. The second-order valence-corrected chi connectivity index (χ2v) is 7.59. The number of fused-ring (bicyclic) bond motifs is 1. The van der Waals surface area contributed by atoms with Crippen molar-refractivity contribution in [3.05, 3.63) is 35.5 Å². The normalized spacial score (nSPS) is 21.1. The zero-order chi connectivity index (χ0) is 20.4. The molecular weight excluding hydrogens is 370 g/mol. The first-order valence-corrected chi connectivity index (χ1v) is 9.84. The minimum atomic E-state index is -0.616. The lowest BCUT2D eigenvalue weighted by Crippen LogP contribution is -2.43. The number of benzene rings is 1. The average molecular weight is 395 g/mol. The van der Waals surface area contributed by atoms with Crippen LogP contribution in [0.25, 0.3) is 0 Å². The summed E-state index contributed by atoms with van der Waals surface area (Å²) in [6.45, 7) is 0.312. The zero-order valence-electron chi connectivity index (χ0n) is 16.1. The summed E-state index contributed by atoms with van der Waals surface area (Å²) >= 11 is 0. The van der Waals surface area contributed by atoms with Crippen LogP contribution in [0.5, 0.6) is 0 Å². The number of Topliss-reactive ketones (excluding diaryl/α,β-unsaturated/α-hetero) is 1. The van der Waals surface area contributed by atoms with E-state index in [1.54, 1.807) is 0 Å². The molecule has 0 radical (unpaired) electrons. The van der Waals surface area contributed by atoms with E-state index in [0.29, 0.717) is 24.7 Å². The second kappa shape index (κ2) is 8.04. The van der Waals surface area contributed by atoms with E-state index in [4.69, 9.17) is 11.5 Å². The van der Waals surface area contributed by atoms with Gasteiger partial charge in [0.2, 0.25) is 5.95 Å². The van der Waals surface area contributed by atoms with Crippen LogP contribution in [0, 0.1) is 0 Å². The van der Waals surface area contributed by atoms with Gasteiger partial charge in [-0.15, -0.1) is 0 Å². The van der Waals surface area contributed by atoms with Crippen LogP contribution in [-0.2, 0) is 11.2 Å². The van der Waals surface area contributed by atoms with Crippen LogP contribution in [0.1, 0.15) is 41.6 Å². The Morgan fingerprint density at radius 1 is 1.24 bits per heavy atom. The molecule has 2 aliphatic rings. The van der Waals surface area contributed by atoms with E-state index in [1.165, 1.54) is 6.20 Å². The molecule has 0 spiro atoms. The average Bonchev–Trinajstić information content (AvgIpc) is 2.70. The molecule has 152 valence electrons. The highest BCUT2D eigenvalue weighted by Gasteiger charge is 2.23. The van der Waals surface area contributed by atoms with Gasteiger partial charge in [-0.05, 0) is 30.5 Å². The molecule has 1 amide bonds. The molecule has 1 fully saturated rings. The van der Waals surface area contributed by atoms with Crippen molar-refractivity contribution in [2.75, 3.05) is 22.5 Å². The zero-order valence-corrected chi connectivity index (χ0v) is 16.1.